The van der Waals surface area contributed by atoms with Crippen LogP contribution in [0.2, 0.25) is 0 Å². The van der Waals surface area contributed by atoms with Crippen molar-refractivity contribution in [1.82, 2.24) is 14.6 Å². The molecule has 0 saturated heterocycles. The Labute approximate surface area is 209 Å². The number of benzene rings is 3. The van der Waals surface area contributed by atoms with E-state index in [2.05, 4.69) is 15.4 Å². The second-order valence-electron chi connectivity index (χ2n) is 8.37. The Morgan fingerprint density at radius 1 is 0.865 bits per heavy atom. The zero-order valence-electron chi connectivity index (χ0n) is 19.5. The van der Waals surface area contributed by atoms with Gasteiger partial charge in [0.15, 0.2) is 11.4 Å². The lowest BCUT2D eigenvalue weighted by molar-refractivity contribution is -0.137. The maximum absolute atomic E-state index is 13.0. The van der Waals surface area contributed by atoms with Gasteiger partial charge >= 0.3 is 6.18 Å². The summed E-state index contributed by atoms with van der Waals surface area (Å²) in [6.45, 7) is 1.51. The molecule has 1 N–H and O–H groups in total. The number of nitrogens with zero attached hydrogens (tertiary/aromatic N) is 3. The fourth-order valence-electron chi connectivity index (χ4n) is 3.99. The van der Waals surface area contributed by atoms with Gasteiger partial charge < -0.3 is 5.32 Å². The molecule has 184 valence electrons. The highest BCUT2D eigenvalue weighted by Gasteiger charge is 2.30. The fraction of sp³-hybridized carbons (Fsp3) is 0.0714. The number of aromatic nitrogens is 3. The normalized spacial score (nSPS) is 11.5. The molecule has 0 aliphatic heterocycles. The molecule has 0 atom stereocenters. The number of nitrogens with one attached hydrogen (secondary N) is 1. The molecule has 2 heterocycles. The number of hydrogen-bond acceptors (Lipinski definition) is 4. The number of alkyl halides is 3. The quantitative estimate of drug-likeness (QED) is 0.278. The molecule has 0 bridgehead atoms. The van der Waals surface area contributed by atoms with Crippen LogP contribution in [0.3, 0.4) is 0 Å². The molecule has 0 fully saturated rings. The maximum atomic E-state index is 13.0. The summed E-state index contributed by atoms with van der Waals surface area (Å²) in [6.07, 6.45) is -1.21. The van der Waals surface area contributed by atoms with E-state index >= 15 is 0 Å². The third kappa shape index (κ3) is 4.84. The van der Waals surface area contributed by atoms with Crippen molar-refractivity contribution in [3.8, 4) is 22.4 Å². The van der Waals surface area contributed by atoms with E-state index in [1.54, 1.807) is 53.3 Å². The minimum Gasteiger partial charge on any atom is -0.322 e. The number of carbonyl (C=O) groups excluding carboxylic acids is 2. The van der Waals surface area contributed by atoms with Crippen molar-refractivity contribution in [2.24, 2.45) is 0 Å². The van der Waals surface area contributed by atoms with Crippen molar-refractivity contribution in [1.29, 1.82) is 0 Å². The van der Waals surface area contributed by atoms with Gasteiger partial charge in [0, 0.05) is 34.1 Å². The van der Waals surface area contributed by atoms with E-state index in [0.717, 1.165) is 28.8 Å². The van der Waals surface area contributed by atoms with Gasteiger partial charge in [-0.15, -0.1) is 0 Å². The van der Waals surface area contributed by atoms with Gasteiger partial charge in [-0.1, -0.05) is 42.5 Å². The second-order valence-corrected chi connectivity index (χ2v) is 8.37. The molecule has 0 aliphatic rings. The average molecular weight is 500 g/mol. The molecular formula is C28H19F3N4O2. The summed E-state index contributed by atoms with van der Waals surface area (Å²) in [4.78, 5) is 28.7. The van der Waals surface area contributed by atoms with Crippen LogP contribution < -0.4 is 5.32 Å². The molecule has 0 spiro atoms. The largest absolute Gasteiger partial charge is 0.416 e. The lowest BCUT2D eigenvalue weighted by atomic mass is 10.0. The van der Waals surface area contributed by atoms with Crippen LogP contribution in [0, 0.1) is 0 Å². The molecule has 5 rings (SSSR count). The molecule has 9 heteroatoms. The topological polar surface area (TPSA) is 76.4 Å². The fourth-order valence-corrected chi connectivity index (χ4v) is 3.99. The number of fused-ring (bicyclic) bond motifs is 1. The van der Waals surface area contributed by atoms with E-state index in [0.29, 0.717) is 22.6 Å². The Kier molecular flexibility index (Phi) is 6.04. The first-order valence-electron chi connectivity index (χ1n) is 11.2. The van der Waals surface area contributed by atoms with Gasteiger partial charge in [0.1, 0.15) is 0 Å². The lowest BCUT2D eigenvalue weighted by Crippen LogP contribution is -2.14. The van der Waals surface area contributed by atoms with E-state index in [-0.39, 0.29) is 11.3 Å². The first-order valence-corrected chi connectivity index (χ1v) is 11.2. The second kappa shape index (κ2) is 9.34. The number of amides is 1. The average Bonchev–Trinajstić information content (AvgIpc) is 3.33. The number of ketones is 1. The van der Waals surface area contributed by atoms with Crippen LogP contribution in [0.25, 0.3) is 28.0 Å². The van der Waals surface area contributed by atoms with E-state index in [9.17, 15) is 22.8 Å². The summed E-state index contributed by atoms with van der Waals surface area (Å²) in [5.74, 6) is -0.676. The van der Waals surface area contributed by atoms with Crippen LogP contribution in [0.5, 0.6) is 0 Å². The third-order valence-electron chi connectivity index (χ3n) is 5.87. The van der Waals surface area contributed by atoms with Crippen LogP contribution in [-0.4, -0.2) is 26.3 Å². The number of carbonyl (C=O) groups is 2. The zero-order valence-corrected chi connectivity index (χ0v) is 19.5. The van der Waals surface area contributed by atoms with E-state index in [4.69, 9.17) is 0 Å². The van der Waals surface area contributed by atoms with E-state index < -0.39 is 17.6 Å². The molecule has 0 radical (unpaired) electrons. The van der Waals surface area contributed by atoms with Gasteiger partial charge in [-0.3, -0.25) is 9.59 Å². The predicted octanol–water partition coefficient (Wildman–Crippen LogP) is 6.54. The minimum absolute atomic E-state index is 0.0214. The minimum atomic E-state index is -4.54. The number of anilines is 1. The van der Waals surface area contributed by atoms with Crippen LogP contribution in [0.15, 0.2) is 91.3 Å². The maximum Gasteiger partial charge on any atom is 0.416 e. The SMILES string of the molecule is CC(=O)c1ccc(-c2cnn3c(-c4cccc(NC(=O)c5cccc(C(F)(F)F)c5)c4)ccnc23)cc1. The predicted molar refractivity (Wildman–Crippen MR) is 133 cm³/mol. The van der Waals surface area contributed by atoms with Crippen molar-refractivity contribution in [2.45, 2.75) is 13.1 Å². The smallest absolute Gasteiger partial charge is 0.322 e. The molecular weight excluding hydrogens is 481 g/mol. The molecule has 3 aromatic carbocycles. The van der Waals surface area contributed by atoms with Crippen molar-refractivity contribution in [3.63, 3.8) is 0 Å². The summed E-state index contributed by atoms with van der Waals surface area (Å²) >= 11 is 0. The Balaban J connectivity index is 1.45. The first-order chi connectivity index (χ1) is 17.7. The van der Waals surface area contributed by atoms with Crippen LogP contribution in [-0.2, 0) is 6.18 Å². The Morgan fingerprint density at radius 3 is 2.35 bits per heavy atom. The standard InChI is InChI=1S/C28H19F3N4O2/c1-17(36)18-8-10-19(11-9-18)24-16-33-35-25(12-13-32-26(24)35)20-4-3-7-23(15-20)34-27(37)21-5-2-6-22(14-21)28(29,30)31/h2-16H,1H3,(H,34,37). The number of hydrogen-bond donors (Lipinski definition) is 1. The van der Waals surface area contributed by atoms with Gasteiger partial charge in [0.25, 0.3) is 5.91 Å². The summed E-state index contributed by atoms with van der Waals surface area (Å²) in [5, 5.41) is 7.15. The van der Waals surface area contributed by atoms with Crippen LogP contribution in [0.4, 0.5) is 18.9 Å². The van der Waals surface area contributed by atoms with Crippen molar-refractivity contribution >= 4 is 23.0 Å². The van der Waals surface area contributed by atoms with Gasteiger partial charge in [0.05, 0.1) is 17.5 Å². The van der Waals surface area contributed by atoms with Gasteiger partial charge in [0.2, 0.25) is 0 Å². The Morgan fingerprint density at radius 2 is 1.62 bits per heavy atom. The molecule has 0 saturated carbocycles. The van der Waals surface area contributed by atoms with Gasteiger partial charge in [-0.05, 0) is 48.9 Å². The molecule has 6 nitrogen and oxygen atoms in total. The highest BCUT2D eigenvalue weighted by atomic mass is 19.4. The monoisotopic (exact) mass is 500 g/mol. The van der Waals surface area contributed by atoms with E-state index in [1.807, 2.05) is 18.2 Å². The van der Waals surface area contributed by atoms with Crippen molar-refractivity contribution in [3.05, 3.63) is 108 Å². The summed E-state index contributed by atoms with van der Waals surface area (Å²) < 4.78 is 40.8. The van der Waals surface area contributed by atoms with Crippen LogP contribution in [0.1, 0.15) is 33.2 Å². The zero-order chi connectivity index (χ0) is 26.2. The third-order valence-corrected chi connectivity index (χ3v) is 5.87. The molecule has 5 aromatic rings. The Bertz CT molecular complexity index is 1640. The summed E-state index contributed by atoms with van der Waals surface area (Å²) in [5.41, 5.74) is 3.69. The van der Waals surface area contributed by atoms with E-state index in [1.165, 1.54) is 19.1 Å². The first kappa shape index (κ1) is 23.9. The van der Waals surface area contributed by atoms with Crippen molar-refractivity contribution < 1.29 is 22.8 Å². The molecule has 1 amide bonds. The Hall–Kier alpha value is -4.79. The van der Waals surface area contributed by atoms with Crippen molar-refractivity contribution in [2.75, 3.05) is 5.32 Å². The molecule has 0 unspecified atom stereocenters. The molecule has 2 aromatic heterocycles. The number of Topliss-reactive ketones (excluding diaryl/α,β-unsaturated/α-hetero) is 1. The molecule has 37 heavy (non-hydrogen) atoms. The number of rotatable bonds is 5. The lowest BCUT2D eigenvalue weighted by Gasteiger charge is -2.11. The summed E-state index contributed by atoms with van der Waals surface area (Å²) in [7, 11) is 0. The highest BCUT2D eigenvalue weighted by Crippen LogP contribution is 2.31. The highest BCUT2D eigenvalue weighted by molar-refractivity contribution is 6.04. The summed E-state index contributed by atoms with van der Waals surface area (Å²) in [6, 6.07) is 20.1. The number of halogens is 3. The van der Waals surface area contributed by atoms with Crippen LogP contribution >= 0.6 is 0 Å². The molecule has 0 aliphatic carbocycles. The van der Waals surface area contributed by atoms with Gasteiger partial charge in [-0.25, -0.2) is 9.50 Å². The van der Waals surface area contributed by atoms with Gasteiger partial charge in [-0.2, -0.15) is 18.3 Å².